The third-order valence-corrected chi connectivity index (χ3v) is 14.5. The SMILES string of the molecule is C[C@]12C[C@H](N3CCN(C(=O)[C@@H]4CCCN4C(=O)c4cccc5ccccc45)CC3)[C@@H](O)C[C@@H]1CC[C@@H]1[C@@H]2CC[C@]2(C)[C@@H](O)CC[C@@H]12. The standard InChI is InChI=1S/C39H53N3O4/c1-38-17-16-31-29(30(38)14-15-35(38)44)13-12-26-23-34(43)33(24-39(26,31)2)40-19-21-41(22-20-40)37(46)32-11-6-18-42(32)36(45)28-10-5-8-25-7-3-4-9-27(25)28/h3-5,7-10,26,29-35,43-44H,6,11-24H2,1-2H3/t26-,29-,30-,31-,32-,33-,34-,35-,38-,39-/m0/s1. The highest BCUT2D eigenvalue weighted by Gasteiger charge is 2.61. The molecule has 4 saturated carbocycles. The van der Waals surface area contributed by atoms with Crippen molar-refractivity contribution in [3.05, 3.63) is 48.0 Å². The summed E-state index contributed by atoms with van der Waals surface area (Å²) in [6.45, 7) is 8.38. The first-order valence-corrected chi connectivity index (χ1v) is 18.4. The van der Waals surface area contributed by atoms with Gasteiger partial charge in [-0.25, -0.2) is 0 Å². The van der Waals surface area contributed by atoms with Gasteiger partial charge in [-0.3, -0.25) is 14.5 Å². The van der Waals surface area contributed by atoms with Gasteiger partial charge in [-0.2, -0.15) is 0 Å². The fourth-order valence-electron chi connectivity index (χ4n) is 11.9. The monoisotopic (exact) mass is 627 g/mol. The molecule has 6 aliphatic rings. The van der Waals surface area contributed by atoms with Crippen molar-refractivity contribution >= 4 is 22.6 Å². The highest BCUT2D eigenvalue weighted by atomic mass is 16.3. The number of likely N-dealkylation sites (tertiary alicyclic amines) is 1. The van der Waals surface area contributed by atoms with E-state index in [0.29, 0.717) is 48.9 Å². The van der Waals surface area contributed by atoms with Crippen LogP contribution in [0.15, 0.2) is 42.5 Å². The molecule has 2 aromatic carbocycles. The van der Waals surface area contributed by atoms with Crippen LogP contribution in [0.5, 0.6) is 0 Å². The van der Waals surface area contributed by atoms with Gasteiger partial charge >= 0.3 is 0 Å². The quantitative estimate of drug-likeness (QED) is 0.481. The maximum Gasteiger partial charge on any atom is 0.255 e. The molecule has 46 heavy (non-hydrogen) atoms. The van der Waals surface area contributed by atoms with Gasteiger partial charge in [0.25, 0.3) is 5.91 Å². The van der Waals surface area contributed by atoms with Crippen LogP contribution in [0.3, 0.4) is 0 Å². The molecule has 2 N–H and O–H groups in total. The molecule has 0 unspecified atom stereocenters. The predicted molar refractivity (Wildman–Crippen MR) is 179 cm³/mol. The van der Waals surface area contributed by atoms with E-state index in [4.69, 9.17) is 0 Å². The Morgan fingerprint density at radius 1 is 0.804 bits per heavy atom. The second-order valence-electron chi connectivity index (χ2n) is 16.4. The second kappa shape index (κ2) is 11.6. The molecular weight excluding hydrogens is 574 g/mol. The molecule has 248 valence electrons. The van der Waals surface area contributed by atoms with Crippen LogP contribution in [0.25, 0.3) is 10.8 Å². The molecule has 2 aromatic rings. The van der Waals surface area contributed by atoms with Crippen LogP contribution < -0.4 is 0 Å². The Morgan fingerprint density at radius 2 is 1.57 bits per heavy atom. The van der Waals surface area contributed by atoms with Crippen molar-refractivity contribution in [1.82, 2.24) is 14.7 Å². The van der Waals surface area contributed by atoms with E-state index in [1.54, 1.807) is 0 Å². The van der Waals surface area contributed by atoms with Crippen LogP contribution in [0.2, 0.25) is 0 Å². The zero-order chi connectivity index (χ0) is 31.8. The first-order chi connectivity index (χ1) is 22.2. The third kappa shape index (κ3) is 4.77. The van der Waals surface area contributed by atoms with Crippen molar-refractivity contribution in [3.8, 4) is 0 Å². The molecule has 6 fully saturated rings. The van der Waals surface area contributed by atoms with E-state index in [1.165, 1.54) is 25.7 Å². The van der Waals surface area contributed by atoms with E-state index >= 15 is 0 Å². The molecule has 0 radical (unpaired) electrons. The lowest BCUT2D eigenvalue weighted by Crippen LogP contribution is -2.62. The smallest absolute Gasteiger partial charge is 0.255 e. The fourth-order valence-corrected chi connectivity index (χ4v) is 11.9. The molecule has 7 nitrogen and oxygen atoms in total. The van der Waals surface area contributed by atoms with Crippen molar-refractivity contribution < 1.29 is 19.8 Å². The number of piperazine rings is 1. The number of hydrogen-bond acceptors (Lipinski definition) is 5. The number of carbonyl (C=O) groups is 2. The van der Waals surface area contributed by atoms with Gasteiger partial charge in [-0.15, -0.1) is 0 Å². The summed E-state index contributed by atoms with van der Waals surface area (Å²) in [5, 5.41) is 24.4. The highest BCUT2D eigenvalue weighted by molar-refractivity contribution is 6.08. The molecule has 4 aliphatic carbocycles. The summed E-state index contributed by atoms with van der Waals surface area (Å²) in [6.07, 6.45) is 9.99. The highest BCUT2D eigenvalue weighted by Crippen LogP contribution is 2.66. The Bertz CT molecular complexity index is 1480. The number of fused-ring (bicyclic) bond motifs is 6. The Kier molecular flexibility index (Phi) is 7.77. The lowest BCUT2D eigenvalue weighted by Gasteiger charge is -2.62. The predicted octanol–water partition coefficient (Wildman–Crippen LogP) is 5.33. The van der Waals surface area contributed by atoms with E-state index in [2.05, 4.69) is 18.7 Å². The average Bonchev–Trinajstić information content (AvgIpc) is 3.68. The molecule has 0 aromatic heterocycles. The van der Waals surface area contributed by atoms with E-state index in [-0.39, 0.29) is 40.9 Å². The Hall–Kier alpha value is -2.48. The molecule has 0 bridgehead atoms. The molecule has 8 rings (SSSR count). The first kappa shape index (κ1) is 30.8. The summed E-state index contributed by atoms with van der Waals surface area (Å²) in [6, 6.07) is 13.6. The molecule has 7 heteroatoms. The minimum absolute atomic E-state index is 0.0414. The maximum absolute atomic E-state index is 13.9. The Labute approximate surface area is 274 Å². The van der Waals surface area contributed by atoms with Crippen molar-refractivity contribution in [3.63, 3.8) is 0 Å². The third-order valence-electron chi connectivity index (χ3n) is 14.5. The number of aliphatic hydroxyl groups is 2. The average molecular weight is 628 g/mol. The van der Waals surface area contributed by atoms with Gasteiger partial charge in [-0.1, -0.05) is 50.2 Å². The van der Waals surface area contributed by atoms with Crippen LogP contribution in [-0.2, 0) is 4.79 Å². The van der Waals surface area contributed by atoms with Crippen LogP contribution in [0, 0.1) is 34.5 Å². The lowest BCUT2D eigenvalue weighted by atomic mass is 9.44. The summed E-state index contributed by atoms with van der Waals surface area (Å²) in [5.41, 5.74) is 0.994. The van der Waals surface area contributed by atoms with Gasteiger partial charge in [0.15, 0.2) is 0 Å². The number of aliphatic hydroxyl groups excluding tert-OH is 2. The van der Waals surface area contributed by atoms with Crippen molar-refractivity contribution in [2.75, 3.05) is 32.7 Å². The largest absolute Gasteiger partial charge is 0.393 e. The van der Waals surface area contributed by atoms with Crippen molar-refractivity contribution in [2.45, 2.75) is 102 Å². The summed E-state index contributed by atoms with van der Waals surface area (Å²) in [7, 11) is 0. The molecule has 2 amide bonds. The van der Waals surface area contributed by atoms with Gasteiger partial charge < -0.3 is 20.0 Å². The Balaban J connectivity index is 0.932. The Morgan fingerprint density at radius 3 is 2.39 bits per heavy atom. The summed E-state index contributed by atoms with van der Waals surface area (Å²) >= 11 is 0. The van der Waals surface area contributed by atoms with E-state index in [0.717, 1.165) is 62.4 Å². The second-order valence-corrected chi connectivity index (χ2v) is 16.4. The lowest BCUT2D eigenvalue weighted by molar-refractivity contribution is -0.157. The zero-order valence-electron chi connectivity index (χ0n) is 27.8. The van der Waals surface area contributed by atoms with Gasteiger partial charge in [-0.05, 0) is 116 Å². The van der Waals surface area contributed by atoms with E-state index in [1.807, 2.05) is 52.3 Å². The van der Waals surface area contributed by atoms with Crippen LogP contribution >= 0.6 is 0 Å². The molecule has 0 spiro atoms. The number of carbonyl (C=O) groups excluding carboxylic acids is 2. The van der Waals surface area contributed by atoms with Gasteiger partial charge in [0, 0.05) is 44.3 Å². The fraction of sp³-hybridized carbons (Fsp3) is 0.692. The maximum atomic E-state index is 13.9. The summed E-state index contributed by atoms with van der Waals surface area (Å²) in [4.78, 5) is 34.0. The molecule has 10 atom stereocenters. The molecular formula is C39H53N3O4. The van der Waals surface area contributed by atoms with Gasteiger partial charge in [0.2, 0.25) is 5.91 Å². The zero-order valence-corrected chi connectivity index (χ0v) is 27.8. The summed E-state index contributed by atoms with van der Waals surface area (Å²) in [5.74, 6) is 2.64. The minimum atomic E-state index is -0.400. The van der Waals surface area contributed by atoms with Crippen LogP contribution in [-0.4, -0.2) is 93.7 Å². The van der Waals surface area contributed by atoms with Crippen LogP contribution in [0.4, 0.5) is 0 Å². The minimum Gasteiger partial charge on any atom is -0.393 e. The topological polar surface area (TPSA) is 84.3 Å². The number of nitrogens with zero attached hydrogens (tertiary/aromatic N) is 3. The number of amides is 2. The van der Waals surface area contributed by atoms with Crippen molar-refractivity contribution in [1.29, 1.82) is 0 Å². The number of hydrogen-bond donors (Lipinski definition) is 2. The molecule has 2 saturated heterocycles. The van der Waals surface area contributed by atoms with Gasteiger partial charge in [0.1, 0.15) is 6.04 Å². The normalized spacial score (nSPS) is 41.2. The van der Waals surface area contributed by atoms with Crippen molar-refractivity contribution in [2.24, 2.45) is 34.5 Å². The van der Waals surface area contributed by atoms with E-state index in [9.17, 15) is 19.8 Å². The summed E-state index contributed by atoms with van der Waals surface area (Å²) < 4.78 is 0. The molecule has 2 heterocycles. The molecule has 2 aliphatic heterocycles. The van der Waals surface area contributed by atoms with E-state index < -0.39 is 6.04 Å². The van der Waals surface area contributed by atoms with Gasteiger partial charge in [0.05, 0.1) is 12.2 Å². The first-order valence-electron chi connectivity index (χ1n) is 18.4. The van der Waals surface area contributed by atoms with Crippen LogP contribution in [0.1, 0.15) is 88.4 Å². The number of benzene rings is 2. The number of rotatable bonds is 3.